The lowest BCUT2D eigenvalue weighted by molar-refractivity contribution is 0.0940. The van der Waals surface area contributed by atoms with Crippen molar-refractivity contribution in [3.05, 3.63) is 71.9 Å². The number of hydrogen-bond acceptors (Lipinski definition) is 5. The summed E-state index contributed by atoms with van der Waals surface area (Å²) in [5.41, 5.74) is 2.55. The van der Waals surface area contributed by atoms with Crippen LogP contribution in [0.5, 0.6) is 11.6 Å². The van der Waals surface area contributed by atoms with Gasteiger partial charge in [-0.1, -0.05) is 18.2 Å². The number of benzene rings is 2. The first-order valence-corrected chi connectivity index (χ1v) is 11.9. The molecule has 9 heteroatoms. The Morgan fingerprint density at radius 2 is 1.86 bits per heavy atom. The molecule has 7 nitrogen and oxygen atoms in total. The van der Waals surface area contributed by atoms with E-state index in [0.717, 1.165) is 60.0 Å². The van der Waals surface area contributed by atoms with Crippen LogP contribution in [0, 0.1) is 17.6 Å². The van der Waals surface area contributed by atoms with Gasteiger partial charge in [0.15, 0.2) is 17.4 Å². The third kappa shape index (κ3) is 4.86. The number of methoxy groups -OCH3 is 1. The molecule has 2 aromatic carbocycles. The van der Waals surface area contributed by atoms with Crippen molar-refractivity contribution in [2.75, 3.05) is 13.7 Å². The van der Waals surface area contributed by atoms with Crippen molar-refractivity contribution in [2.45, 2.75) is 31.7 Å². The normalized spacial score (nSPS) is 17.8. The number of carbonyl (C=O) groups is 1. The van der Waals surface area contributed by atoms with Crippen LogP contribution in [0.25, 0.3) is 22.2 Å². The van der Waals surface area contributed by atoms with Gasteiger partial charge in [0.25, 0.3) is 5.91 Å². The first kappa shape index (κ1) is 23.7. The van der Waals surface area contributed by atoms with Gasteiger partial charge in [-0.05, 0) is 55.9 Å². The largest absolute Gasteiger partial charge is 0.503 e. The number of fused-ring (bicyclic) bond motifs is 1. The number of nitrogens with one attached hydrogen (secondary N) is 1. The molecule has 0 radical (unpaired) electrons. The van der Waals surface area contributed by atoms with Gasteiger partial charge >= 0.3 is 0 Å². The molecule has 1 aliphatic carbocycles. The summed E-state index contributed by atoms with van der Waals surface area (Å²) in [5, 5.41) is 17.8. The van der Waals surface area contributed by atoms with E-state index in [1.54, 1.807) is 7.11 Å². The van der Waals surface area contributed by atoms with E-state index >= 15 is 0 Å². The van der Waals surface area contributed by atoms with Gasteiger partial charge < -0.3 is 15.2 Å². The minimum Gasteiger partial charge on any atom is -0.503 e. The Kier molecular flexibility index (Phi) is 6.54. The lowest BCUT2D eigenvalue weighted by Gasteiger charge is -2.28. The van der Waals surface area contributed by atoms with E-state index in [-0.39, 0.29) is 17.5 Å². The maximum atomic E-state index is 13.5. The molecule has 1 amide bonds. The fraction of sp³-hybridized carbons (Fsp3) is 0.296. The molecule has 5 rings (SSSR count). The molecule has 2 heterocycles. The van der Waals surface area contributed by atoms with Crippen molar-refractivity contribution in [1.82, 2.24) is 20.1 Å². The molecule has 2 aromatic heterocycles. The van der Waals surface area contributed by atoms with Crippen molar-refractivity contribution >= 4 is 16.8 Å². The summed E-state index contributed by atoms with van der Waals surface area (Å²) in [6.07, 6.45) is 5.71. The Hall–Kier alpha value is -4.01. The molecule has 36 heavy (non-hydrogen) atoms. The minimum absolute atomic E-state index is 0.150. The smallest absolute Gasteiger partial charge is 0.251 e. The van der Waals surface area contributed by atoms with Crippen molar-refractivity contribution in [3.63, 3.8) is 0 Å². The molecule has 0 saturated heterocycles. The Balaban J connectivity index is 1.19. The van der Waals surface area contributed by atoms with Crippen LogP contribution in [0.15, 0.2) is 54.7 Å². The SMILES string of the molecule is COc1cccc(-c2ccc3cn(C4CCC(CNC(=O)c5cc(F)c(O)c(F)c5)CC4)nc3c2)n1. The number of aromatic nitrogens is 3. The predicted octanol–water partition coefficient (Wildman–Crippen LogP) is 5.25. The second-order valence-electron chi connectivity index (χ2n) is 9.12. The van der Waals surface area contributed by atoms with E-state index in [2.05, 4.69) is 16.5 Å². The van der Waals surface area contributed by atoms with Gasteiger partial charge in [0.05, 0.1) is 24.4 Å². The van der Waals surface area contributed by atoms with Crippen LogP contribution in [0.3, 0.4) is 0 Å². The zero-order valence-electron chi connectivity index (χ0n) is 19.7. The summed E-state index contributed by atoms with van der Waals surface area (Å²) < 4.78 is 34.3. The van der Waals surface area contributed by atoms with Gasteiger partial charge in [0, 0.05) is 35.3 Å². The summed E-state index contributed by atoms with van der Waals surface area (Å²) in [5.74, 6) is -3.11. The predicted molar refractivity (Wildman–Crippen MR) is 131 cm³/mol. The highest BCUT2D eigenvalue weighted by atomic mass is 19.1. The van der Waals surface area contributed by atoms with Crippen LogP contribution in [-0.4, -0.2) is 39.4 Å². The van der Waals surface area contributed by atoms with E-state index in [4.69, 9.17) is 9.84 Å². The standard InChI is InChI=1S/C27H26F2N4O3/c1-36-25-4-2-3-23(31-25)17-7-8-18-15-33(32-24(18)13-17)20-9-5-16(6-10-20)14-30-27(35)19-11-21(28)26(34)22(29)12-19/h2-4,7-8,11-13,15-16,20,34H,5-6,9-10,14H2,1H3,(H,30,35). The number of rotatable bonds is 6. The van der Waals surface area contributed by atoms with Gasteiger partial charge in [0.2, 0.25) is 5.88 Å². The first-order chi connectivity index (χ1) is 17.4. The Labute approximate surface area is 206 Å². The zero-order chi connectivity index (χ0) is 25.2. The van der Waals surface area contributed by atoms with Crippen LogP contribution < -0.4 is 10.1 Å². The molecular formula is C27H26F2N4O3. The molecule has 2 N–H and O–H groups in total. The zero-order valence-corrected chi connectivity index (χ0v) is 19.7. The van der Waals surface area contributed by atoms with Crippen molar-refractivity contribution in [1.29, 1.82) is 0 Å². The second-order valence-corrected chi connectivity index (χ2v) is 9.12. The molecular weight excluding hydrogens is 466 g/mol. The van der Waals surface area contributed by atoms with Crippen LogP contribution in [0.2, 0.25) is 0 Å². The van der Waals surface area contributed by atoms with Crippen LogP contribution in [0.1, 0.15) is 42.1 Å². The maximum absolute atomic E-state index is 13.5. The van der Waals surface area contributed by atoms with E-state index < -0.39 is 23.3 Å². The number of aromatic hydroxyl groups is 1. The molecule has 0 atom stereocenters. The van der Waals surface area contributed by atoms with Crippen LogP contribution in [0.4, 0.5) is 8.78 Å². The third-order valence-electron chi connectivity index (χ3n) is 6.77. The van der Waals surface area contributed by atoms with Gasteiger partial charge in [-0.15, -0.1) is 0 Å². The van der Waals surface area contributed by atoms with Gasteiger partial charge in [-0.2, -0.15) is 5.10 Å². The quantitative estimate of drug-likeness (QED) is 0.384. The molecule has 1 fully saturated rings. The lowest BCUT2D eigenvalue weighted by Crippen LogP contribution is -2.31. The fourth-order valence-electron chi connectivity index (χ4n) is 4.72. The summed E-state index contributed by atoms with van der Waals surface area (Å²) in [6.45, 7) is 0.424. The lowest BCUT2D eigenvalue weighted by atomic mass is 9.86. The van der Waals surface area contributed by atoms with Crippen molar-refractivity contribution < 1.29 is 23.4 Å². The van der Waals surface area contributed by atoms with E-state index in [1.165, 1.54) is 0 Å². The number of nitrogens with zero attached hydrogens (tertiary/aromatic N) is 3. The Bertz CT molecular complexity index is 1390. The number of phenolic OH excluding ortho intramolecular Hbond substituents is 1. The highest BCUT2D eigenvalue weighted by molar-refractivity contribution is 5.94. The second kappa shape index (κ2) is 9.93. The van der Waals surface area contributed by atoms with E-state index in [0.29, 0.717) is 12.4 Å². The first-order valence-electron chi connectivity index (χ1n) is 11.9. The average Bonchev–Trinajstić information content (AvgIpc) is 3.34. The minimum atomic E-state index is -1.15. The summed E-state index contributed by atoms with van der Waals surface area (Å²) >= 11 is 0. The summed E-state index contributed by atoms with van der Waals surface area (Å²) in [7, 11) is 1.59. The highest BCUT2D eigenvalue weighted by Crippen LogP contribution is 2.33. The number of carbonyl (C=O) groups excluding carboxylic acids is 1. The number of ether oxygens (including phenoxy) is 1. The maximum Gasteiger partial charge on any atom is 0.251 e. The number of amides is 1. The average molecular weight is 493 g/mol. The Morgan fingerprint density at radius 1 is 1.11 bits per heavy atom. The number of hydrogen-bond donors (Lipinski definition) is 2. The molecule has 0 spiro atoms. The van der Waals surface area contributed by atoms with Gasteiger partial charge in [0.1, 0.15) is 0 Å². The van der Waals surface area contributed by atoms with Crippen LogP contribution >= 0.6 is 0 Å². The van der Waals surface area contributed by atoms with Crippen molar-refractivity contribution in [2.24, 2.45) is 5.92 Å². The van der Waals surface area contributed by atoms with E-state index in [1.807, 2.05) is 41.1 Å². The third-order valence-corrected chi connectivity index (χ3v) is 6.77. The number of phenols is 1. The molecule has 0 bridgehead atoms. The monoisotopic (exact) mass is 492 g/mol. The van der Waals surface area contributed by atoms with Gasteiger partial charge in [-0.3, -0.25) is 9.48 Å². The topological polar surface area (TPSA) is 89.3 Å². The number of halogens is 2. The summed E-state index contributed by atoms with van der Waals surface area (Å²) in [4.78, 5) is 16.8. The molecule has 1 aliphatic rings. The molecule has 4 aromatic rings. The molecule has 186 valence electrons. The summed E-state index contributed by atoms with van der Waals surface area (Å²) in [6, 6.07) is 13.7. The van der Waals surface area contributed by atoms with Crippen molar-refractivity contribution in [3.8, 4) is 22.9 Å². The molecule has 0 unspecified atom stereocenters. The number of pyridine rings is 1. The highest BCUT2D eigenvalue weighted by Gasteiger charge is 2.24. The molecule has 1 saturated carbocycles. The van der Waals surface area contributed by atoms with E-state index in [9.17, 15) is 18.7 Å². The van der Waals surface area contributed by atoms with Crippen LogP contribution in [-0.2, 0) is 0 Å². The van der Waals surface area contributed by atoms with Gasteiger partial charge in [-0.25, -0.2) is 13.8 Å². The molecule has 0 aliphatic heterocycles. The fourth-order valence-corrected chi connectivity index (χ4v) is 4.72. The Morgan fingerprint density at radius 3 is 2.58 bits per heavy atom.